The largest absolute Gasteiger partial charge is 0.481 e. The van der Waals surface area contributed by atoms with Gasteiger partial charge in [-0.2, -0.15) is 11.8 Å². The van der Waals surface area contributed by atoms with Gasteiger partial charge in [0, 0.05) is 29.2 Å². The van der Waals surface area contributed by atoms with Crippen molar-refractivity contribution in [3.8, 4) is 0 Å². The number of rotatable bonds is 20. The van der Waals surface area contributed by atoms with Crippen LogP contribution in [0.15, 0.2) is 0 Å². The summed E-state index contributed by atoms with van der Waals surface area (Å²) >= 11 is 7.21. The number of hydrogen-bond acceptors (Lipinski definition) is 9. The van der Waals surface area contributed by atoms with Crippen LogP contribution in [0.2, 0.25) is 0 Å². The molecule has 13 heteroatoms. The summed E-state index contributed by atoms with van der Waals surface area (Å²) in [5, 5.41) is 15.1. The van der Waals surface area contributed by atoms with Crippen molar-refractivity contribution in [3.05, 3.63) is 0 Å². The van der Waals surface area contributed by atoms with Crippen LogP contribution in [0.1, 0.15) is 32.1 Å². The molecular formula is C21H36N2O8S3. The quantitative estimate of drug-likeness (QED) is 0.191. The number of unbranched alkanes of at least 4 members (excludes halogenated alkanes) is 1. The van der Waals surface area contributed by atoms with E-state index in [0.717, 1.165) is 25.0 Å². The molecule has 2 aliphatic rings. The average molecular weight is 541 g/mol. The number of ether oxygens (including phenoxy) is 4. The zero-order valence-electron chi connectivity index (χ0n) is 19.4. The van der Waals surface area contributed by atoms with Crippen LogP contribution in [0.4, 0.5) is 4.79 Å². The summed E-state index contributed by atoms with van der Waals surface area (Å²) in [7, 11) is -0.566. The van der Waals surface area contributed by atoms with Crippen LogP contribution in [-0.4, -0.2) is 104 Å². The second kappa shape index (κ2) is 17.6. The summed E-state index contributed by atoms with van der Waals surface area (Å²) < 4.78 is 21.2. The minimum atomic E-state index is -0.879. The number of amides is 2. The van der Waals surface area contributed by atoms with E-state index in [1.54, 1.807) is 0 Å². The highest BCUT2D eigenvalue weighted by Crippen LogP contribution is 2.37. The third-order valence-electron chi connectivity index (χ3n) is 5.31. The zero-order valence-corrected chi connectivity index (χ0v) is 21.8. The van der Waals surface area contributed by atoms with Crippen molar-refractivity contribution in [2.75, 3.05) is 65.2 Å². The van der Waals surface area contributed by atoms with Gasteiger partial charge in [-0.15, -0.1) is 0 Å². The number of thioether (sulfide) groups is 1. The van der Waals surface area contributed by atoms with Crippen molar-refractivity contribution in [1.29, 1.82) is 0 Å². The second-order valence-electron chi connectivity index (χ2n) is 7.85. The summed E-state index contributed by atoms with van der Waals surface area (Å²) in [6.07, 6.45) is 3.29. The molecular weight excluding hydrogens is 504 g/mol. The van der Waals surface area contributed by atoms with Gasteiger partial charge in [0.1, 0.15) is 0 Å². The van der Waals surface area contributed by atoms with Crippen LogP contribution >= 0.6 is 11.8 Å². The summed E-state index contributed by atoms with van der Waals surface area (Å²) in [6.45, 7) is 3.61. The Morgan fingerprint density at radius 2 is 1.62 bits per heavy atom. The average Bonchev–Trinajstić information content (AvgIpc) is 3.33. The molecule has 0 aromatic rings. The van der Waals surface area contributed by atoms with E-state index in [9.17, 15) is 14.4 Å². The van der Waals surface area contributed by atoms with Crippen LogP contribution in [0, 0.1) is 0 Å². The van der Waals surface area contributed by atoms with Crippen LogP contribution in [-0.2, 0) is 49.2 Å². The predicted octanol–water partition coefficient (Wildman–Crippen LogP) is 0.860. The lowest BCUT2D eigenvalue weighted by atomic mass is 10.0. The zero-order chi connectivity index (χ0) is 24.6. The fraction of sp³-hybridized carbons (Fsp3) is 0.857. The fourth-order valence-electron chi connectivity index (χ4n) is 3.54. The highest BCUT2D eigenvalue weighted by Gasteiger charge is 2.45. The van der Waals surface area contributed by atoms with E-state index in [2.05, 4.69) is 10.6 Å². The second-order valence-corrected chi connectivity index (χ2v) is 11.8. The molecule has 4 atom stereocenters. The monoisotopic (exact) mass is 540 g/mol. The summed E-state index contributed by atoms with van der Waals surface area (Å²) in [4.78, 5) is 34.0. The van der Waals surface area contributed by atoms with E-state index < -0.39 is 15.4 Å². The van der Waals surface area contributed by atoms with Gasteiger partial charge >= 0.3 is 5.97 Å². The maximum atomic E-state index is 11.9. The maximum Gasteiger partial charge on any atom is 0.305 e. The molecule has 34 heavy (non-hydrogen) atoms. The first-order valence-electron chi connectivity index (χ1n) is 11.6. The van der Waals surface area contributed by atoms with E-state index in [0.29, 0.717) is 69.7 Å². The number of aliphatic carboxylic acids is 1. The summed E-state index contributed by atoms with van der Waals surface area (Å²) in [6, 6.07) is 0.220. The molecule has 4 unspecified atom stereocenters. The van der Waals surface area contributed by atoms with Crippen LogP contribution < -0.4 is 10.6 Å². The molecule has 2 saturated heterocycles. The number of carbonyl (C=O) groups excluding carboxylic acids is 2. The first-order valence-corrected chi connectivity index (χ1v) is 14.9. The first-order chi connectivity index (χ1) is 16.5. The standard InChI is InChI=1S/C21H36N2O8S3/c24-18(4-2-1-3-16-20-17(15-33-16)34(32)21(27)23-20)22-6-8-29-10-12-31-14-13-30-11-9-28-7-5-19(25)26/h16-17,20H,1-15H2,(H,22,24)(H,23,27)(H,25,26). The van der Waals surface area contributed by atoms with Crippen molar-refractivity contribution < 1.29 is 38.4 Å². The molecule has 0 bridgehead atoms. The molecule has 2 amide bonds. The van der Waals surface area contributed by atoms with Crippen LogP contribution in [0.5, 0.6) is 0 Å². The van der Waals surface area contributed by atoms with Crippen molar-refractivity contribution >= 4 is 49.5 Å². The predicted molar refractivity (Wildman–Crippen MR) is 134 cm³/mol. The highest BCUT2D eigenvalue weighted by molar-refractivity contribution is 8.38. The van der Waals surface area contributed by atoms with Gasteiger partial charge < -0.3 is 34.7 Å². The number of carbonyl (C=O) groups is 3. The highest BCUT2D eigenvalue weighted by atomic mass is 32.8. The molecule has 2 fully saturated rings. The van der Waals surface area contributed by atoms with Gasteiger partial charge in [-0.1, -0.05) is 6.42 Å². The number of nitrogens with one attached hydrogen (secondary N) is 2. The lowest BCUT2D eigenvalue weighted by molar-refractivity contribution is -0.138. The van der Waals surface area contributed by atoms with Gasteiger partial charge in [0.05, 0.1) is 65.3 Å². The summed E-state index contributed by atoms with van der Waals surface area (Å²) in [5.41, 5.74) is 0. The van der Waals surface area contributed by atoms with Gasteiger partial charge in [-0.3, -0.25) is 14.4 Å². The molecule has 2 rings (SSSR count). The SMILES string of the molecule is O=C(O)CCOCCOCCOCCOCCNC(=O)CCCCC1SCC2C1NC(=O)S2=S. The van der Waals surface area contributed by atoms with Crippen molar-refractivity contribution in [2.45, 2.75) is 48.6 Å². The normalized spacial score (nSPS) is 23.6. The van der Waals surface area contributed by atoms with Crippen LogP contribution in [0.3, 0.4) is 0 Å². The Kier molecular flexibility index (Phi) is 15.2. The van der Waals surface area contributed by atoms with Crippen LogP contribution in [0.25, 0.3) is 0 Å². The molecule has 196 valence electrons. The molecule has 3 N–H and O–H groups in total. The molecule has 0 aromatic carbocycles. The molecule has 2 aliphatic heterocycles. The third-order valence-corrected chi connectivity index (χ3v) is 9.71. The molecule has 10 nitrogen and oxygen atoms in total. The Morgan fingerprint density at radius 1 is 1.00 bits per heavy atom. The molecule has 0 aliphatic carbocycles. The van der Waals surface area contributed by atoms with E-state index in [1.165, 1.54) is 0 Å². The number of carboxylic acid groups (broad SMARTS) is 1. The number of fused-ring (bicyclic) bond motifs is 1. The maximum absolute atomic E-state index is 11.9. The Hall–Kier alpha value is -0.830. The van der Waals surface area contributed by atoms with Gasteiger partial charge in [0.15, 0.2) is 0 Å². The number of hydrogen-bond donors (Lipinski definition) is 3. The third kappa shape index (κ3) is 11.7. The Morgan fingerprint density at radius 3 is 2.26 bits per heavy atom. The van der Waals surface area contributed by atoms with E-state index >= 15 is 0 Å². The van der Waals surface area contributed by atoms with Crippen molar-refractivity contribution in [1.82, 2.24) is 10.6 Å². The van der Waals surface area contributed by atoms with Gasteiger partial charge in [0.25, 0.3) is 5.24 Å². The first kappa shape index (κ1) is 29.4. The summed E-state index contributed by atoms with van der Waals surface area (Å²) in [5.74, 6) is 0.116. The Balaban J connectivity index is 1.30. The Labute approximate surface area is 212 Å². The smallest absolute Gasteiger partial charge is 0.305 e. The molecule has 0 saturated carbocycles. The van der Waals surface area contributed by atoms with Crippen molar-refractivity contribution in [3.63, 3.8) is 0 Å². The van der Waals surface area contributed by atoms with E-state index in [-0.39, 0.29) is 30.2 Å². The molecule has 0 radical (unpaired) electrons. The van der Waals surface area contributed by atoms with Crippen molar-refractivity contribution in [2.24, 2.45) is 0 Å². The lowest BCUT2D eigenvalue weighted by Gasteiger charge is -2.16. The van der Waals surface area contributed by atoms with Gasteiger partial charge in [0.2, 0.25) is 5.91 Å². The van der Waals surface area contributed by atoms with E-state index in [4.69, 9.17) is 35.2 Å². The van der Waals surface area contributed by atoms with E-state index in [1.807, 2.05) is 11.8 Å². The molecule has 0 aromatic heterocycles. The lowest BCUT2D eigenvalue weighted by Crippen LogP contribution is -2.36. The molecule has 2 heterocycles. The van der Waals surface area contributed by atoms with Gasteiger partial charge in [-0.25, -0.2) is 0 Å². The van der Waals surface area contributed by atoms with Gasteiger partial charge in [-0.05, 0) is 33.5 Å². The fourth-order valence-corrected chi connectivity index (χ4v) is 7.87. The Bertz CT molecular complexity index is 670. The minimum absolute atomic E-state index is 0.00688. The number of carboxylic acids is 1. The molecule has 0 spiro atoms. The minimum Gasteiger partial charge on any atom is -0.481 e. The topological polar surface area (TPSA) is 132 Å².